The van der Waals surface area contributed by atoms with Gasteiger partial charge in [-0.1, -0.05) is 91.1 Å². The van der Waals surface area contributed by atoms with E-state index in [4.69, 9.17) is 60.4 Å². The van der Waals surface area contributed by atoms with E-state index in [2.05, 4.69) is 26.0 Å². The van der Waals surface area contributed by atoms with Crippen molar-refractivity contribution in [1.82, 2.24) is 4.98 Å². The van der Waals surface area contributed by atoms with Gasteiger partial charge in [-0.3, -0.25) is 4.99 Å². The molecule has 192 valence electrons. The van der Waals surface area contributed by atoms with Gasteiger partial charge in [0.1, 0.15) is 0 Å². The molecular formula is C25H28Cl3N3O3Pd. The van der Waals surface area contributed by atoms with Crippen LogP contribution in [0.2, 0.25) is 0 Å². The van der Waals surface area contributed by atoms with E-state index in [0.29, 0.717) is 11.6 Å². The molecule has 1 aromatic heterocycles. The Labute approximate surface area is 235 Å². The maximum absolute atomic E-state index is 8.89. The van der Waals surface area contributed by atoms with Crippen LogP contribution in [0.1, 0.15) is 44.9 Å². The first-order chi connectivity index (χ1) is 15.5. The second kappa shape index (κ2) is 18.3. The molecule has 0 radical (unpaired) electrons. The summed E-state index contributed by atoms with van der Waals surface area (Å²) >= 11 is 14.4. The van der Waals surface area contributed by atoms with Crippen LogP contribution in [0.5, 0.6) is 0 Å². The van der Waals surface area contributed by atoms with Crippen molar-refractivity contribution in [2.45, 2.75) is 37.9 Å². The Balaban J connectivity index is 0. The Morgan fingerprint density at radius 3 is 1.94 bits per heavy atom. The van der Waals surface area contributed by atoms with Gasteiger partial charge in [-0.25, -0.2) is 4.98 Å². The third-order valence-electron chi connectivity index (χ3n) is 4.18. The first-order valence-corrected chi connectivity index (χ1v) is 11.4. The predicted molar refractivity (Wildman–Crippen MR) is 142 cm³/mol. The van der Waals surface area contributed by atoms with E-state index in [1.807, 2.05) is 55.5 Å². The third-order valence-corrected chi connectivity index (χ3v) is 4.18. The molecule has 35 heavy (non-hydrogen) atoms. The summed E-state index contributed by atoms with van der Waals surface area (Å²) in [7, 11) is 0. The van der Waals surface area contributed by atoms with Crippen molar-refractivity contribution in [3.63, 3.8) is 0 Å². The summed E-state index contributed by atoms with van der Waals surface area (Å²) in [6, 6.07) is 21.7. The van der Waals surface area contributed by atoms with E-state index in [1.54, 1.807) is 6.07 Å². The van der Waals surface area contributed by atoms with Gasteiger partial charge >= 0.3 is 20.4 Å². The number of carboxylic acid groups (broad SMARTS) is 1. The second-order valence-corrected chi connectivity index (χ2v) is 9.12. The van der Waals surface area contributed by atoms with Gasteiger partial charge in [0.2, 0.25) is 0 Å². The van der Waals surface area contributed by atoms with E-state index in [-0.39, 0.29) is 25.9 Å². The van der Waals surface area contributed by atoms with Crippen LogP contribution in [0.4, 0.5) is 11.4 Å². The quantitative estimate of drug-likeness (QED) is 0.183. The van der Waals surface area contributed by atoms with Gasteiger partial charge < -0.3 is 21.1 Å². The molecule has 10 heteroatoms. The van der Waals surface area contributed by atoms with Crippen LogP contribution in [-0.4, -0.2) is 26.4 Å². The molecule has 0 amide bonds. The first-order valence-electron chi connectivity index (χ1n) is 10.0. The van der Waals surface area contributed by atoms with E-state index in [9.17, 15) is 0 Å². The first kappa shape index (κ1) is 35.2. The maximum Gasteiger partial charge on any atom is 2.00 e. The molecule has 0 saturated carbocycles. The van der Waals surface area contributed by atoms with Gasteiger partial charge in [0.15, 0.2) is 4.30 Å². The molecule has 3 aromatic rings. The predicted octanol–water partition coefficient (Wildman–Crippen LogP) is 6.61. The zero-order valence-corrected chi connectivity index (χ0v) is 23.5. The number of alkyl halides is 3. The number of carboxylic acids is 1. The standard InChI is InChI=1S/C22H22N3.C2H4O2.CHCl3.H2O.Pd/c1-15(2)17-11-13-18(14-12-17)24-16(3)21-9-6-10-22(25-21)19-7-4-5-8-20(19)23;1-2(3)4;2-1(3)4;;/h4-15,23H,1-3H3;1H3,(H,3,4);1H;1H2;/q-1;;;;+2/p-1. The number of aliphatic carboxylic acids is 1. The van der Waals surface area contributed by atoms with Crippen molar-refractivity contribution >= 4 is 57.9 Å². The Kier molecular flexibility index (Phi) is 18.4. The van der Waals surface area contributed by atoms with Crippen LogP contribution in [-0.2, 0) is 25.2 Å². The van der Waals surface area contributed by atoms with Crippen molar-refractivity contribution in [2.75, 3.05) is 0 Å². The molecule has 2 aromatic carbocycles. The number of aromatic nitrogens is 1. The van der Waals surface area contributed by atoms with E-state index < -0.39 is 10.3 Å². The number of aliphatic imine (C=N–C) groups is 1. The number of benzene rings is 2. The fourth-order valence-corrected chi connectivity index (χ4v) is 2.68. The number of halogens is 3. The molecule has 0 unspecified atom stereocenters. The number of hydrogen-bond acceptors (Lipinski definition) is 4. The fourth-order valence-electron chi connectivity index (χ4n) is 2.68. The SMILES string of the molecule is CC(=Nc1ccc(C(C)C)cc1)c1cccc(-c2ccccc2[NH-])n1.CC(=O)[O-].ClC(Cl)Cl.O.[Pd+2]. The minimum Gasteiger partial charge on any atom is -0.698 e. The Morgan fingerprint density at radius 2 is 1.46 bits per heavy atom. The smallest absolute Gasteiger partial charge is 0.698 e. The van der Waals surface area contributed by atoms with Crippen molar-refractivity contribution in [3.8, 4) is 11.3 Å². The van der Waals surface area contributed by atoms with Crippen molar-refractivity contribution < 1.29 is 35.8 Å². The molecule has 0 aliphatic rings. The molecule has 0 spiro atoms. The van der Waals surface area contributed by atoms with Gasteiger partial charge in [0.25, 0.3) is 0 Å². The molecule has 0 saturated heterocycles. The van der Waals surface area contributed by atoms with Gasteiger partial charge in [0, 0.05) is 5.97 Å². The molecular weight excluding hydrogens is 603 g/mol. The van der Waals surface area contributed by atoms with E-state index in [0.717, 1.165) is 35.3 Å². The second-order valence-electron chi connectivity index (χ2n) is 7.14. The number of carbonyl (C=O) groups is 1. The fraction of sp³-hybridized carbons (Fsp3) is 0.240. The molecule has 0 atom stereocenters. The Bertz CT molecular complexity index is 1060. The summed E-state index contributed by atoms with van der Waals surface area (Å²) in [6.07, 6.45) is 0. The van der Waals surface area contributed by atoms with E-state index >= 15 is 0 Å². The van der Waals surface area contributed by atoms with Crippen LogP contribution in [0.25, 0.3) is 17.0 Å². The summed E-state index contributed by atoms with van der Waals surface area (Å²) in [4.78, 5) is 18.3. The zero-order chi connectivity index (χ0) is 25.0. The van der Waals surface area contributed by atoms with Gasteiger partial charge in [-0.05, 0) is 55.2 Å². The van der Waals surface area contributed by atoms with Gasteiger partial charge in [0.05, 0.1) is 22.8 Å². The number of nitrogens with one attached hydrogen (secondary N) is 1. The van der Waals surface area contributed by atoms with Crippen LogP contribution in [0.3, 0.4) is 0 Å². The van der Waals surface area contributed by atoms with Crippen LogP contribution >= 0.6 is 34.8 Å². The molecule has 0 fully saturated rings. The number of carbonyl (C=O) groups excluding carboxylic acids is 1. The summed E-state index contributed by atoms with van der Waals surface area (Å²) < 4.78 is -0.750. The monoisotopic (exact) mass is 629 g/mol. The average Bonchev–Trinajstić information content (AvgIpc) is 2.74. The van der Waals surface area contributed by atoms with Crippen LogP contribution < -0.4 is 5.11 Å². The number of pyridine rings is 1. The minimum absolute atomic E-state index is 0. The zero-order valence-electron chi connectivity index (χ0n) is 19.7. The molecule has 3 rings (SSSR count). The van der Waals surface area contributed by atoms with Gasteiger partial charge in [-0.2, -0.15) is 0 Å². The van der Waals surface area contributed by atoms with Gasteiger partial charge in [-0.15, -0.1) is 5.69 Å². The van der Waals surface area contributed by atoms with E-state index in [1.165, 1.54) is 5.56 Å². The number of rotatable bonds is 4. The summed E-state index contributed by atoms with van der Waals surface area (Å²) in [5.74, 6) is -0.567. The number of hydrogen-bond donors (Lipinski definition) is 0. The van der Waals surface area contributed by atoms with Crippen molar-refractivity contribution in [2.24, 2.45) is 4.99 Å². The largest absolute Gasteiger partial charge is 2.00 e. The average molecular weight is 631 g/mol. The summed E-state index contributed by atoms with van der Waals surface area (Å²) in [5, 5.41) is 8.89. The number of nitrogens with zero attached hydrogens (tertiary/aromatic N) is 2. The minimum atomic E-state index is -1.08. The summed E-state index contributed by atoms with van der Waals surface area (Å²) in [6.45, 7) is 7.31. The topological polar surface area (TPSA) is 121 Å². The van der Waals surface area contributed by atoms with Crippen molar-refractivity contribution in [1.29, 1.82) is 0 Å². The molecule has 0 aliphatic carbocycles. The molecule has 0 aliphatic heterocycles. The third kappa shape index (κ3) is 14.2. The summed E-state index contributed by atoms with van der Waals surface area (Å²) in [5.41, 5.74) is 14.1. The maximum atomic E-state index is 8.89. The molecule has 1 heterocycles. The molecule has 0 bridgehead atoms. The Morgan fingerprint density at radius 1 is 0.943 bits per heavy atom. The normalized spacial score (nSPS) is 10.1. The van der Waals surface area contributed by atoms with Crippen LogP contribution in [0.15, 0.2) is 71.7 Å². The Hall–Kier alpha value is -1.98. The van der Waals surface area contributed by atoms with Crippen LogP contribution in [0, 0.1) is 0 Å². The van der Waals surface area contributed by atoms with Crippen molar-refractivity contribution in [3.05, 3.63) is 83.7 Å². The molecule has 3 N–H and O–H groups in total. The molecule has 6 nitrogen and oxygen atoms in total.